The smallest absolute Gasteiger partial charge is 0.352 e. The molecule has 2 aromatic carbocycles. The Hall–Kier alpha value is -2.76. The van der Waals surface area contributed by atoms with E-state index in [0.29, 0.717) is 16.7 Å². The van der Waals surface area contributed by atoms with E-state index in [1.807, 2.05) is 13.0 Å². The van der Waals surface area contributed by atoms with Gasteiger partial charge in [0.2, 0.25) is 5.91 Å². The van der Waals surface area contributed by atoms with E-state index in [4.69, 9.17) is 11.6 Å². The first-order valence-electron chi connectivity index (χ1n) is 10.3. The van der Waals surface area contributed by atoms with Gasteiger partial charge in [0.1, 0.15) is 28.7 Å². The summed E-state index contributed by atoms with van der Waals surface area (Å²) in [6.45, 7) is 1.87. The van der Waals surface area contributed by atoms with Crippen molar-refractivity contribution >= 4 is 51.9 Å². The number of thioether (sulfide) groups is 1. The van der Waals surface area contributed by atoms with E-state index < -0.39 is 58.1 Å². The molecule has 1 saturated heterocycles. The molecule has 4 rings (SSSR count). The van der Waals surface area contributed by atoms with E-state index in [1.165, 1.54) is 11.8 Å². The Balaban J connectivity index is 1.49. The van der Waals surface area contributed by atoms with Crippen molar-refractivity contribution in [1.82, 2.24) is 10.2 Å². The summed E-state index contributed by atoms with van der Waals surface area (Å²) in [5, 5.41) is 11.7. The number of halogens is 3. The van der Waals surface area contributed by atoms with Gasteiger partial charge in [0.05, 0.1) is 23.0 Å². The van der Waals surface area contributed by atoms with E-state index in [1.54, 1.807) is 12.1 Å². The summed E-state index contributed by atoms with van der Waals surface area (Å²) in [7, 11) is -1.68. The van der Waals surface area contributed by atoms with Crippen molar-refractivity contribution in [2.75, 3.05) is 11.5 Å². The van der Waals surface area contributed by atoms with Crippen LogP contribution in [0.25, 0.3) is 0 Å². The number of hydrogen-bond acceptors (Lipinski definition) is 5. The van der Waals surface area contributed by atoms with Gasteiger partial charge in [-0.25, -0.2) is 13.6 Å². The van der Waals surface area contributed by atoms with Gasteiger partial charge in [-0.3, -0.25) is 18.7 Å². The van der Waals surface area contributed by atoms with Crippen molar-refractivity contribution in [1.29, 1.82) is 0 Å². The average molecular weight is 541 g/mol. The minimum absolute atomic E-state index is 0.0704. The molecule has 2 aliphatic rings. The molecule has 12 heteroatoms. The van der Waals surface area contributed by atoms with Gasteiger partial charge in [-0.05, 0) is 47.9 Å². The van der Waals surface area contributed by atoms with Gasteiger partial charge < -0.3 is 10.4 Å². The summed E-state index contributed by atoms with van der Waals surface area (Å²) in [4.78, 5) is 39.0. The van der Waals surface area contributed by atoms with E-state index >= 15 is 0 Å². The molecule has 0 aromatic heterocycles. The van der Waals surface area contributed by atoms with Gasteiger partial charge in [0.15, 0.2) is 0 Å². The Labute approximate surface area is 211 Å². The van der Waals surface area contributed by atoms with E-state index in [2.05, 4.69) is 5.32 Å². The number of amides is 2. The topological polar surface area (TPSA) is 104 Å². The number of nitrogens with one attached hydrogen (secondary N) is 1. The number of rotatable bonds is 7. The van der Waals surface area contributed by atoms with Crippen molar-refractivity contribution in [2.24, 2.45) is 0 Å². The second-order valence-corrected chi connectivity index (χ2v) is 11.1. The predicted molar refractivity (Wildman–Crippen MR) is 127 cm³/mol. The normalized spacial score (nSPS) is 21.4. The zero-order chi connectivity index (χ0) is 25.4. The van der Waals surface area contributed by atoms with Crippen LogP contribution in [0.1, 0.15) is 11.1 Å². The number of aliphatic carboxylic acids is 1. The second kappa shape index (κ2) is 10.1. The number of carbonyl (C=O) groups excluding carboxylic acids is 2. The van der Waals surface area contributed by atoms with Gasteiger partial charge in [0.25, 0.3) is 5.91 Å². The Morgan fingerprint density at radius 2 is 2.00 bits per heavy atom. The van der Waals surface area contributed by atoms with Gasteiger partial charge in [0, 0.05) is 21.7 Å². The molecule has 2 aliphatic heterocycles. The van der Waals surface area contributed by atoms with Crippen LogP contribution in [-0.2, 0) is 31.6 Å². The third kappa shape index (κ3) is 5.26. The minimum Gasteiger partial charge on any atom is -0.477 e. The van der Waals surface area contributed by atoms with Crippen molar-refractivity contribution in [3.63, 3.8) is 0 Å². The average Bonchev–Trinajstić information content (AvgIpc) is 2.76. The molecule has 2 amide bonds. The van der Waals surface area contributed by atoms with Crippen LogP contribution >= 0.6 is 23.4 Å². The van der Waals surface area contributed by atoms with Gasteiger partial charge in [-0.2, -0.15) is 0 Å². The van der Waals surface area contributed by atoms with Crippen LogP contribution in [0.2, 0.25) is 5.02 Å². The lowest BCUT2D eigenvalue weighted by atomic mass is 10.0. The van der Waals surface area contributed by atoms with Crippen molar-refractivity contribution in [3.05, 3.63) is 75.5 Å². The highest BCUT2D eigenvalue weighted by atomic mass is 35.5. The molecule has 184 valence electrons. The van der Waals surface area contributed by atoms with Gasteiger partial charge >= 0.3 is 5.97 Å². The molecular weight excluding hydrogens is 522 g/mol. The van der Waals surface area contributed by atoms with Crippen LogP contribution in [-0.4, -0.2) is 54.9 Å². The first kappa shape index (κ1) is 25.3. The molecule has 2 heterocycles. The lowest BCUT2D eigenvalue weighted by Crippen LogP contribution is -2.73. The zero-order valence-corrected chi connectivity index (χ0v) is 20.6. The van der Waals surface area contributed by atoms with Crippen molar-refractivity contribution in [2.45, 2.75) is 29.7 Å². The van der Waals surface area contributed by atoms with Crippen molar-refractivity contribution in [3.8, 4) is 0 Å². The number of carboxylic acids is 1. The summed E-state index contributed by atoms with van der Waals surface area (Å²) >= 11 is 7.39. The quantitative estimate of drug-likeness (QED) is 0.413. The molecule has 0 spiro atoms. The molecular formula is C23H19ClF2N2O5S2. The number of hydrogen-bond donors (Lipinski definition) is 2. The molecule has 0 aliphatic carbocycles. The molecule has 0 radical (unpaired) electrons. The second-order valence-electron chi connectivity index (χ2n) is 8.09. The highest BCUT2D eigenvalue weighted by Gasteiger charge is 2.57. The number of carbonyl (C=O) groups is 3. The monoisotopic (exact) mass is 540 g/mol. The summed E-state index contributed by atoms with van der Waals surface area (Å²) in [6.07, 6.45) is -0.460. The largest absolute Gasteiger partial charge is 0.477 e. The molecule has 7 nitrogen and oxygen atoms in total. The zero-order valence-electron chi connectivity index (χ0n) is 18.2. The third-order valence-corrected chi connectivity index (χ3v) is 8.45. The van der Waals surface area contributed by atoms with E-state index in [-0.39, 0.29) is 22.8 Å². The fraction of sp³-hybridized carbons (Fsp3) is 0.261. The Kier molecular flexibility index (Phi) is 7.30. The number of benzene rings is 2. The van der Waals surface area contributed by atoms with Gasteiger partial charge in [-0.15, -0.1) is 11.8 Å². The fourth-order valence-electron chi connectivity index (χ4n) is 3.98. The lowest BCUT2D eigenvalue weighted by Gasteiger charge is -2.49. The van der Waals surface area contributed by atoms with Crippen LogP contribution < -0.4 is 5.32 Å². The maximum atomic E-state index is 13.8. The number of aryl methyl sites for hydroxylation is 1. The summed E-state index contributed by atoms with van der Waals surface area (Å²) < 4.78 is 39.9. The highest BCUT2D eigenvalue weighted by molar-refractivity contribution is 7.99. The molecule has 35 heavy (non-hydrogen) atoms. The third-order valence-electron chi connectivity index (χ3n) is 5.52. The lowest BCUT2D eigenvalue weighted by molar-refractivity contribution is -0.150. The Bertz CT molecular complexity index is 1280. The standard InChI is InChI=1S/C23H19ClF2N2O5S2/c1-11-4-14(24)7-16(5-11)34-9-13-10-35(33)22-19(21(30)28(22)20(13)23(31)32)27-18(29)6-12-2-3-15(25)8-17(12)26/h2-5,7-8,19,22H,6,9-10H2,1H3,(H,27,29)(H,31,32)/t19?,22-,35?/m0/s1. The number of β-lactam (4-membered cyclic amide) rings is 1. The SMILES string of the molecule is Cc1cc(Cl)cc(SCC2=C(C(=O)O)N3C(=O)C(NC(=O)Cc4ccc(F)cc4F)[C@@H]3S(=O)C2)c1. The summed E-state index contributed by atoms with van der Waals surface area (Å²) in [5.41, 5.74) is 0.942. The van der Waals surface area contributed by atoms with Crippen LogP contribution in [0.3, 0.4) is 0 Å². The first-order valence-corrected chi connectivity index (χ1v) is 13.1. The first-order chi connectivity index (χ1) is 16.5. The van der Waals surface area contributed by atoms with Crippen LogP contribution in [0.5, 0.6) is 0 Å². The van der Waals surface area contributed by atoms with Gasteiger partial charge in [-0.1, -0.05) is 17.7 Å². The molecule has 2 aromatic rings. The summed E-state index contributed by atoms with van der Waals surface area (Å²) in [6, 6.07) is 6.96. The maximum absolute atomic E-state index is 13.8. The number of nitrogens with zero attached hydrogens (tertiary/aromatic N) is 1. The number of fused-ring (bicyclic) bond motifs is 1. The summed E-state index contributed by atoms with van der Waals surface area (Å²) in [5.74, 6) is -4.38. The number of carboxylic acid groups (broad SMARTS) is 1. The molecule has 0 saturated carbocycles. The Morgan fingerprint density at radius 1 is 1.26 bits per heavy atom. The Morgan fingerprint density at radius 3 is 2.66 bits per heavy atom. The molecule has 2 unspecified atom stereocenters. The van der Waals surface area contributed by atoms with E-state index in [9.17, 15) is 32.5 Å². The maximum Gasteiger partial charge on any atom is 0.352 e. The van der Waals surface area contributed by atoms with Crippen molar-refractivity contribution < 1.29 is 32.5 Å². The van der Waals surface area contributed by atoms with E-state index in [0.717, 1.165) is 27.5 Å². The predicted octanol–water partition coefficient (Wildman–Crippen LogP) is 3.02. The van der Waals surface area contributed by atoms with Crippen LogP contribution in [0.4, 0.5) is 8.78 Å². The molecule has 3 atom stereocenters. The molecule has 1 fully saturated rings. The molecule has 0 bridgehead atoms. The highest BCUT2D eigenvalue weighted by Crippen LogP contribution is 2.37. The fourth-order valence-corrected chi connectivity index (χ4v) is 7.21. The van der Waals surface area contributed by atoms with Crippen LogP contribution in [0.15, 0.2) is 52.6 Å². The minimum atomic E-state index is -1.68. The van der Waals surface area contributed by atoms with Crippen LogP contribution in [0, 0.1) is 18.6 Å². The molecule has 2 N–H and O–H groups in total.